The lowest BCUT2D eigenvalue weighted by Crippen LogP contribution is -2.30. The van der Waals surface area contributed by atoms with Crippen LogP contribution in [0.4, 0.5) is 10.5 Å². The Morgan fingerprint density at radius 2 is 1.50 bits per heavy atom. The van der Waals surface area contributed by atoms with Crippen molar-refractivity contribution in [3.8, 4) is 5.75 Å². The molecule has 0 bridgehead atoms. The summed E-state index contributed by atoms with van der Waals surface area (Å²) in [7, 11) is 0. The molecule has 0 radical (unpaired) electrons. The Morgan fingerprint density at radius 1 is 0.867 bits per heavy atom. The van der Waals surface area contributed by atoms with Crippen LogP contribution >= 0.6 is 23.2 Å². The van der Waals surface area contributed by atoms with Gasteiger partial charge in [-0.2, -0.15) is 0 Å². The van der Waals surface area contributed by atoms with Gasteiger partial charge in [0.2, 0.25) is 0 Å². The molecule has 3 aromatic carbocycles. The number of para-hydroxylation sites is 1. The van der Waals surface area contributed by atoms with Gasteiger partial charge in [0, 0.05) is 15.6 Å². The summed E-state index contributed by atoms with van der Waals surface area (Å²) in [4.78, 5) is 26.3. The highest BCUT2D eigenvalue weighted by Gasteiger charge is 2.34. The number of carbonyl (C=O) groups excluding carboxylic acids is 2. The maximum Gasteiger partial charge on any atom is 0.333 e. The van der Waals surface area contributed by atoms with Gasteiger partial charge in [0.05, 0.1) is 5.69 Å². The number of hydrogen-bond donors (Lipinski definition) is 1. The number of carbonyl (C=O) groups is 2. The van der Waals surface area contributed by atoms with Crippen molar-refractivity contribution in [3.63, 3.8) is 0 Å². The van der Waals surface area contributed by atoms with Crippen LogP contribution in [0.15, 0.2) is 78.5 Å². The van der Waals surface area contributed by atoms with Gasteiger partial charge in [0.25, 0.3) is 5.91 Å². The van der Waals surface area contributed by atoms with Crippen LogP contribution in [0.3, 0.4) is 0 Å². The van der Waals surface area contributed by atoms with Crippen LogP contribution in [0, 0.1) is 0 Å². The first-order valence-corrected chi connectivity index (χ1v) is 9.86. The second-order valence-electron chi connectivity index (χ2n) is 6.56. The van der Waals surface area contributed by atoms with Crippen molar-refractivity contribution in [2.24, 2.45) is 0 Å². The van der Waals surface area contributed by atoms with Crippen molar-refractivity contribution < 1.29 is 14.3 Å². The number of amides is 3. The Labute approximate surface area is 183 Å². The molecule has 1 aliphatic rings. The van der Waals surface area contributed by atoms with Crippen LogP contribution in [0.5, 0.6) is 5.75 Å². The molecule has 3 amide bonds. The molecule has 4 rings (SSSR count). The number of hydrogen-bond acceptors (Lipinski definition) is 3. The van der Waals surface area contributed by atoms with Gasteiger partial charge in [0.15, 0.2) is 0 Å². The van der Waals surface area contributed by atoms with Gasteiger partial charge < -0.3 is 10.1 Å². The van der Waals surface area contributed by atoms with Crippen LogP contribution in [0.25, 0.3) is 6.08 Å². The lowest BCUT2D eigenvalue weighted by Gasteiger charge is -2.11. The van der Waals surface area contributed by atoms with E-state index in [0.717, 1.165) is 10.5 Å². The fourth-order valence-electron chi connectivity index (χ4n) is 2.99. The van der Waals surface area contributed by atoms with Crippen LogP contribution in [-0.2, 0) is 11.4 Å². The molecule has 3 aromatic rings. The Bertz CT molecular complexity index is 1130. The fourth-order valence-corrected chi connectivity index (χ4v) is 3.24. The molecule has 30 heavy (non-hydrogen) atoms. The number of imide groups is 1. The van der Waals surface area contributed by atoms with Crippen molar-refractivity contribution in [1.82, 2.24) is 5.32 Å². The first-order chi connectivity index (χ1) is 14.5. The minimum atomic E-state index is -0.520. The van der Waals surface area contributed by atoms with Crippen molar-refractivity contribution in [1.29, 1.82) is 0 Å². The highest BCUT2D eigenvalue weighted by molar-refractivity contribution is 6.31. The summed E-state index contributed by atoms with van der Waals surface area (Å²) >= 11 is 11.8. The number of benzene rings is 3. The zero-order valence-corrected chi connectivity index (χ0v) is 17.2. The van der Waals surface area contributed by atoms with E-state index in [9.17, 15) is 9.59 Å². The third-order valence-corrected chi connectivity index (χ3v) is 4.99. The van der Waals surface area contributed by atoms with Gasteiger partial charge in [-0.05, 0) is 54.1 Å². The first-order valence-electron chi connectivity index (χ1n) is 9.10. The van der Waals surface area contributed by atoms with Gasteiger partial charge in [-0.3, -0.25) is 4.79 Å². The molecule has 0 aromatic heterocycles. The second-order valence-corrected chi connectivity index (χ2v) is 7.43. The van der Waals surface area contributed by atoms with Crippen LogP contribution in [-0.4, -0.2) is 11.9 Å². The SMILES string of the molecule is O=C1N/C(=C/c2ccccc2OCc2ccc(Cl)cc2)C(=O)N1c1ccc(Cl)cc1. The fraction of sp³-hybridized carbons (Fsp3) is 0.0435. The summed E-state index contributed by atoms with van der Waals surface area (Å²) in [6, 6.07) is 20.6. The number of anilines is 1. The summed E-state index contributed by atoms with van der Waals surface area (Å²) in [6.07, 6.45) is 1.60. The Balaban J connectivity index is 1.56. The largest absolute Gasteiger partial charge is 0.488 e. The normalized spacial score (nSPS) is 14.9. The van der Waals surface area contributed by atoms with Crippen molar-refractivity contribution in [3.05, 3.63) is 99.7 Å². The van der Waals surface area contributed by atoms with Gasteiger partial charge in [-0.1, -0.05) is 53.5 Å². The molecule has 1 fully saturated rings. The Kier molecular flexibility index (Phi) is 5.74. The summed E-state index contributed by atoms with van der Waals surface area (Å²) in [5.74, 6) is 0.141. The lowest BCUT2D eigenvalue weighted by atomic mass is 10.1. The average molecular weight is 439 g/mol. The Hall–Kier alpha value is -3.28. The molecule has 1 heterocycles. The van der Waals surface area contributed by atoms with E-state index in [1.165, 1.54) is 0 Å². The molecule has 0 saturated carbocycles. The smallest absolute Gasteiger partial charge is 0.333 e. The van der Waals surface area contributed by atoms with Crippen molar-refractivity contribution in [2.75, 3.05) is 4.90 Å². The highest BCUT2D eigenvalue weighted by atomic mass is 35.5. The maximum atomic E-state index is 12.8. The monoisotopic (exact) mass is 438 g/mol. The summed E-state index contributed by atoms with van der Waals surface area (Å²) in [5, 5.41) is 3.80. The topological polar surface area (TPSA) is 58.6 Å². The number of rotatable bonds is 5. The zero-order valence-electron chi connectivity index (χ0n) is 15.6. The van der Waals surface area contributed by atoms with Gasteiger partial charge in [-0.25, -0.2) is 9.69 Å². The summed E-state index contributed by atoms with van der Waals surface area (Å²) in [5.41, 5.74) is 2.24. The number of nitrogens with one attached hydrogen (secondary N) is 1. The molecule has 7 heteroatoms. The van der Waals surface area contributed by atoms with E-state index in [1.54, 1.807) is 48.5 Å². The molecule has 150 valence electrons. The van der Waals surface area contributed by atoms with Crippen LogP contribution in [0.2, 0.25) is 10.0 Å². The lowest BCUT2D eigenvalue weighted by molar-refractivity contribution is -0.113. The number of halogens is 2. The standard InChI is InChI=1S/C23H16Cl2N2O3/c24-17-7-5-15(6-8-17)14-30-21-4-2-1-3-16(21)13-20-22(28)27(23(29)26-20)19-11-9-18(25)10-12-19/h1-13H,14H2,(H,26,29)/b20-13+. The summed E-state index contributed by atoms with van der Waals surface area (Å²) < 4.78 is 5.92. The second kappa shape index (κ2) is 8.61. The summed E-state index contributed by atoms with van der Waals surface area (Å²) in [6.45, 7) is 0.342. The third-order valence-electron chi connectivity index (χ3n) is 4.49. The zero-order chi connectivity index (χ0) is 21.1. The van der Waals surface area contributed by atoms with E-state index in [0.29, 0.717) is 33.7 Å². The number of ether oxygens (including phenoxy) is 1. The minimum Gasteiger partial charge on any atom is -0.488 e. The molecule has 5 nitrogen and oxygen atoms in total. The first kappa shape index (κ1) is 20.0. The van der Waals surface area contributed by atoms with Crippen molar-refractivity contribution in [2.45, 2.75) is 6.61 Å². The van der Waals surface area contributed by atoms with E-state index in [4.69, 9.17) is 27.9 Å². The Morgan fingerprint density at radius 3 is 2.20 bits per heavy atom. The van der Waals surface area contributed by atoms with E-state index in [2.05, 4.69) is 5.32 Å². The predicted molar refractivity (Wildman–Crippen MR) is 118 cm³/mol. The van der Waals surface area contributed by atoms with Crippen LogP contribution < -0.4 is 15.0 Å². The number of nitrogens with zero attached hydrogens (tertiary/aromatic N) is 1. The molecule has 1 saturated heterocycles. The van der Waals surface area contributed by atoms with Crippen LogP contribution in [0.1, 0.15) is 11.1 Å². The molecule has 0 aliphatic carbocycles. The third kappa shape index (κ3) is 4.32. The van der Waals surface area contributed by atoms with Crippen molar-refractivity contribution >= 4 is 46.9 Å². The molecular weight excluding hydrogens is 423 g/mol. The highest BCUT2D eigenvalue weighted by Crippen LogP contribution is 2.27. The molecule has 1 aliphatic heterocycles. The van der Waals surface area contributed by atoms with Gasteiger partial charge in [0.1, 0.15) is 18.1 Å². The molecule has 0 unspecified atom stereocenters. The molecule has 1 N–H and O–H groups in total. The van der Waals surface area contributed by atoms with Gasteiger partial charge in [-0.15, -0.1) is 0 Å². The van der Waals surface area contributed by atoms with E-state index >= 15 is 0 Å². The maximum absolute atomic E-state index is 12.8. The average Bonchev–Trinajstić information content (AvgIpc) is 3.02. The van der Waals surface area contributed by atoms with E-state index in [-0.39, 0.29) is 5.70 Å². The van der Waals surface area contributed by atoms with E-state index < -0.39 is 11.9 Å². The van der Waals surface area contributed by atoms with Gasteiger partial charge >= 0.3 is 6.03 Å². The molecule has 0 atom stereocenters. The molecule has 0 spiro atoms. The van der Waals surface area contributed by atoms with E-state index in [1.807, 2.05) is 30.3 Å². The number of urea groups is 1. The minimum absolute atomic E-state index is 0.164. The molecular formula is C23H16Cl2N2O3. The predicted octanol–water partition coefficient (Wildman–Crippen LogP) is 5.67. The quantitative estimate of drug-likeness (QED) is 0.412.